The minimum absolute atomic E-state index is 0.00431. The molecule has 45 heavy (non-hydrogen) atoms. The minimum atomic E-state index is -0.503. The third-order valence-corrected chi connectivity index (χ3v) is 7.94. The third-order valence-electron chi connectivity index (χ3n) is 7.77. The van der Waals surface area contributed by atoms with E-state index in [1.165, 1.54) is 0 Å². The van der Waals surface area contributed by atoms with Crippen LogP contribution in [-0.2, 0) is 0 Å². The Balaban J connectivity index is 1.23. The summed E-state index contributed by atoms with van der Waals surface area (Å²) in [5.41, 5.74) is 6.05. The van der Waals surface area contributed by atoms with Crippen LogP contribution in [0, 0.1) is 0 Å². The van der Waals surface area contributed by atoms with Crippen LogP contribution >= 0.6 is 11.6 Å². The first kappa shape index (κ1) is 20.3. The van der Waals surface area contributed by atoms with Gasteiger partial charge in [-0.25, -0.2) is 4.98 Å². The highest BCUT2D eigenvalue weighted by Crippen LogP contribution is 2.36. The van der Waals surface area contributed by atoms with Gasteiger partial charge in [-0.15, -0.1) is 0 Å². The SMILES string of the molecule is [2H]c1c([2H])c([2H])c2c(-c3cccc(-c4nc(Cl)nc(-c5cccc(-c6cccc7c(-c8ccccc8)cccc67)c5)n4)c3)c([2H])c([2H])c([2H])c2c1[2H]. The van der Waals surface area contributed by atoms with Crippen LogP contribution in [0.1, 0.15) is 9.60 Å². The zero-order valence-electron chi connectivity index (χ0n) is 30.7. The van der Waals surface area contributed by atoms with Crippen molar-refractivity contribution in [3.63, 3.8) is 0 Å². The molecule has 1 aromatic heterocycles. The van der Waals surface area contributed by atoms with Gasteiger partial charge in [0.15, 0.2) is 11.6 Å². The van der Waals surface area contributed by atoms with Crippen molar-refractivity contribution in [2.45, 2.75) is 0 Å². The molecular formula is C41H26ClN3. The van der Waals surface area contributed by atoms with Gasteiger partial charge < -0.3 is 0 Å². The number of hydrogen-bond donors (Lipinski definition) is 0. The van der Waals surface area contributed by atoms with E-state index in [9.17, 15) is 0 Å². The molecule has 7 aromatic carbocycles. The van der Waals surface area contributed by atoms with Crippen LogP contribution in [-0.4, -0.2) is 15.0 Å². The lowest BCUT2D eigenvalue weighted by Gasteiger charge is -2.12. The summed E-state index contributed by atoms with van der Waals surface area (Å²) in [5, 5.41) is 2.11. The average Bonchev–Trinajstić information content (AvgIpc) is 3.18. The lowest BCUT2D eigenvalue weighted by molar-refractivity contribution is 1.07. The maximum atomic E-state index is 8.78. The summed E-state index contributed by atoms with van der Waals surface area (Å²) < 4.78 is 59.2. The third kappa shape index (κ3) is 5.14. The highest BCUT2D eigenvalue weighted by molar-refractivity contribution is 6.28. The first-order valence-electron chi connectivity index (χ1n) is 17.8. The molecule has 0 saturated carbocycles. The van der Waals surface area contributed by atoms with E-state index in [2.05, 4.69) is 58.5 Å². The van der Waals surface area contributed by atoms with Crippen LogP contribution in [0.4, 0.5) is 0 Å². The smallest absolute Gasteiger partial charge is 0.208 e. The van der Waals surface area contributed by atoms with E-state index in [1.807, 2.05) is 42.5 Å². The summed E-state index contributed by atoms with van der Waals surface area (Å²) in [4.78, 5) is 13.7. The number of fused-ring (bicyclic) bond motifs is 2. The number of benzene rings is 7. The molecule has 0 spiro atoms. The molecule has 0 aliphatic carbocycles. The molecule has 8 rings (SSSR count). The summed E-state index contributed by atoms with van der Waals surface area (Å²) in [5.74, 6) is 0.598. The number of aromatic nitrogens is 3. The highest BCUT2D eigenvalue weighted by Gasteiger charge is 2.14. The molecule has 1 heterocycles. The minimum Gasteiger partial charge on any atom is -0.208 e. The van der Waals surface area contributed by atoms with Gasteiger partial charge >= 0.3 is 0 Å². The van der Waals surface area contributed by atoms with E-state index in [4.69, 9.17) is 26.2 Å². The van der Waals surface area contributed by atoms with Gasteiger partial charge in [0.2, 0.25) is 5.28 Å². The second kappa shape index (κ2) is 11.5. The maximum Gasteiger partial charge on any atom is 0.226 e. The van der Waals surface area contributed by atoms with Gasteiger partial charge in [0.1, 0.15) is 0 Å². The standard InChI is InChI=1S/C41H26ClN3/c42-41-44-39(31-17-6-15-29(25-31)35-20-8-14-28-13-4-5-19-33(28)35)43-40(45-41)32-18-7-16-30(26-32)36-22-10-23-37-34(21-9-24-38(36)37)27-11-2-1-3-12-27/h1-26H/i4D,5D,8D,13D,14D,19D,20D. The molecule has 0 aliphatic rings. The van der Waals surface area contributed by atoms with E-state index in [-0.39, 0.29) is 39.5 Å². The molecule has 0 bridgehead atoms. The monoisotopic (exact) mass is 602 g/mol. The normalized spacial score (nSPS) is 13.4. The van der Waals surface area contributed by atoms with Crippen molar-refractivity contribution in [2.75, 3.05) is 0 Å². The second-order valence-electron chi connectivity index (χ2n) is 10.5. The molecule has 212 valence electrons. The summed E-state index contributed by atoms with van der Waals surface area (Å²) >= 11 is 6.51. The first-order valence-corrected chi connectivity index (χ1v) is 14.7. The number of hydrogen-bond acceptors (Lipinski definition) is 3. The zero-order chi connectivity index (χ0) is 36.3. The Kier molecular flexibility index (Phi) is 5.18. The van der Waals surface area contributed by atoms with Gasteiger partial charge in [0, 0.05) is 11.1 Å². The molecule has 0 unspecified atom stereocenters. The maximum absolute atomic E-state index is 8.78. The van der Waals surface area contributed by atoms with E-state index >= 15 is 0 Å². The Morgan fingerprint density at radius 2 is 0.956 bits per heavy atom. The molecule has 0 N–H and O–H groups in total. The van der Waals surface area contributed by atoms with Crippen LogP contribution in [0.5, 0.6) is 0 Å². The van der Waals surface area contributed by atoms with E-state index in [0.717, 1.165) is 38.6 Å². The molecule has 0 amide bonds. The van der Waals surface area contributed by atoms with Crippen LogP contribution in [0.15, 0.2) is 158 Å². The van der Waals surface area contributed by atoms with Gasteiger partial charge in [0.25, 0.3) is 0 Å². The van der Waals surface area contributed by atoms with Gasteiger partial charge in [-0.1, -0.05) is 145 Å². The summed E-state index contributed by atoms with van der Waals surface area (Å²) in [7, 11) is 0. The second-order valence-corrected chi connectivity index (χ2v) is 10.8. The Bertz CT molecular complexity index is 2730. The molecule has 0 aliphatic heterocycles. The average molecular weight is 603 g/mol. The van der Waals surface area contributed by atoms with Crippen LogP contribution in [0.3, 0.4) is 0 Å². The zero-order valence-corrected chi connectivity index (χ0v) is 24.4. The molecule has 8 aromatic rings. The summed E-state index contributed by atoms with van der Waals surface area (Å²) in [6.45, 7) is 0. The summed E-state index contributed by atoms with van der Waals surface area (Å²) in [6, 6.07) is 34.6. The highest BCUT2D eigenvalue weighted by atomic mass is 35.5. The lowest BCUT2D eigenvalue weighted by Crippen LogP contribution is -1.97. The quantitative estimate of drug-likeness (QED) is 0.197. The molecule has 0 atom stereocenters. The van der Waals surface area contributed by atoms with Crippen LogP contribution < -0.4 is 0 Å². The number of nitrogens with zero attached hydrogens (tertiary/aromatic N) is 3. The van der Waals surface area contributed by atoms with Crippen LogP contribution in [0.25, 0.3) is 77.7 Å². The lowest BCUT2D eigenvalue weighted by atomic mass is 9.92. The van der Waals surface area contributed by atoms with E-state index < -0.39 is 30.2 Å². The van der Waals surface area contributed by atoms with Crippen molar-refractivity contribution in [1.82, 2.24) is 15.0 Å². The van der Waals surface area contributed by atoms with Gasteiger partial charge in [-0.2, -0.15) is 9.97 Å². The molecule has 3 nitrogen and oxygen atoms in total. The Morgan fingerprint density at radius 1 is 0.422 bits per heavy atom. The molecule has 0 radical (unpaired) electrons. The van der Waals surface area contributed by atoms with E-state index in [0.29, 0.717) is 17.0 Å². The summed E-state index contributed by atoms with van der Waals surface area (Å²) in [6.07, 6.45) is 0. The Morgan fingerprint density at radius 3 is 1.64 bits per heavy atom. The Hall–Kier alpha value is -5.64. The van der Waals surface area contributed by atoms with Crippen molar-refractivity contribution in [2.24, 2.45) is 0 Å². The molecular weight excluding hydrogens is 570 g/mol. The number of halogens is 1. The first-order chi connectivity index (χ1) is 25.1. The predicted octanol–water partition coefficient (Wildman–Crippen LogP) is 11.2. The van der Waals surface area contributed by atoms with Crippen LogP contribution in [0.2, 0.25) is 5.28 Å². The van der Waals surface area contributed by atoms with Crippen molar-refractivity contribution in [3.8, 4) is 56.2 Å². The van der Waals surface area contributed by atoms with Gasteiger partial charge in [0.05, 0.1) is 9.60 Å². The molecule has 0 saturated heterocycles. The van der Waals surface area contributed by atoms with Crippen molar-refractivity contribution in [1.29, 1.82) is 0 Å². The number of rotatable bonds is 5. The van der Waals surface area contributed by atoms with E-state index in [1.54, 1.807) is 24.3 Å². The Labute approximate surface area is 276 Å². The largest absolute Gasteiger partial charge is 0.226 e. The fraction of sp³-hybridized carbons (Fsp3) is 0. The van der Waals surface area contributed by atoms with Gasteiger partial charge in [-0.3, -0.25) is 0 Å². The molecule has 0 fully saturated rings. The molecule has 4 heteroatoms. The predicted molar refractivity (Wildman–Crippen MR) is 187 cm³/mol. The van der Waals surface area contributed by atoms with Crippen molar-refractivity contribution in [3.05, 3.63) is 163 Å². The fourth-order valence-corrected chi connectivity index (χ4v) is 5.87. The van der Waals surface area contributed by atoms with Crippen molar-refractivity contribution >= 4 is 33.1 Å². The topological polar surface area (TPSA) is 38.7 Å². The van der Waals surface area contributed by atoms with Gasteiger partial charge in [-0.05, 0) is 78.7 Å². The fourth-order valence-electron chi connectivity index (χ4n) is 5.71. The van der Waals surface area contributed by atoms with Crippen molar-refractivity contribution < 1.29 is 9.60 Å².